The summed E-state index contributed by atoms with van der Waals surface area (Å²) in [5, 5.41) is 10.8. The molecular formula is C11H20N2O4. The fourth-order valence-electron chi connectivity index (χ4n) is 1.82. The molecule has 1 heterocycles. The molecule has 1 fully saturated rings. The van der Waals surface area contributed by atoms with E-state index >= 15 is 0 Å². The number of hydrogen-bond acceptors (Lipinski definition) is 4. The van der Waals surface area contributed by atoms with E-state index in [2.05, 4.69) is 0 Å². The Labute approximate surface area is 101 Å². The molecule has 0 aromatic rings. The number of amides is 1. The summed E-state index contributed by atoms with van der Waals surface area (Å²) in [5.74, 6) is 0.00341. The predicted octanol–water partition coefficient (Wildman–Crippen LogP) is 1.91. The Hall–Kier alpha value is -1.33. The van der Waals surface area contributed by atoms with Gasteiger partial charge in [0.05, 0.1) is 6.54 Å². The lowest BCUT2D eigenvalue weighted by molar-refractivity contribution is -0.534. The van der Waals surface area contributed by atoms with Gasteiger partial charge >= 0.3 is 6.09 Å². The van der Waals surface area contributed by atoms with E-state index in [9.17, 15) is 14.9 Å². The lowest BCUT2D eigenvalue weighted by Crippen LogP contribution is -2.50. The van der Waals surface area contributed by atoms with Gasteiger partial charge in [-0.25, -0.2) is 4.79 Å². The van der Waals surface area contributed by atoms with Crippen LogP contribution < -0.4 is 0 Å². The lowest BCUT2D eigenvalue weighted by Gasteiger charge is -2.33. The third-order valence-electron chi connectivity index (χ3n) is 2.84. The van der Waals surface area contributed by atoms with Crippen LogP contribution >= 0.6 is 0 Å². The number of carbonyl (C=O) groups excluding carboxylic acids is 1. The van der Waals surface area contributed by atoms with Gasteiger partial charge in [-0.3, -0.25) is 10.1 Å². The van der Waals surface area contributed by atoms with Crippen LogP contribution in [0.3, 0.4) is 0 Å². The molecule has 17 heavy (non-hydrogen) atoms. The topological polar surface area (TPSA) is 72.7 Å². The third kappa shape index (κ3) is 3.87. The molecule has 0 saturated carbocycles. The maximum absolute atomic E-state index is 11.8. The van der Waals surface area contributed by atoms with Gasteiger partial charge in [0.15, 0.2) is 0 Å². The fraction of sp³-hybridized carbons (Fsp3) is 0.909. The van der Waals surface area contributed by atoms with Crippen molar-refractivity contribution >= 4 is 6.09 Å². The average Bonchev–Trinajstić information content (AvgIpc) is 2.14. The van der Waals surface area contributed by atoms with Gasteiger partial charge in [0.25, 0.3) is 0 Å². The van der Waals surface area contributed by atoms with Crippen LogP contribution in [0.15, 0.2) is 0 Å². The van der Waals surface area contributed by atoms with Crippen molar-refractivity contribution in [2.75, 3.05) is 13.1 Å². The summed E-state index contributed by atoms with van der Waals surface area (Å²) < 4.78 is 5.20. The van der Waals surface area contributed by atoms with Crippen LogP contribution in [0.1, 0.15) is 34.1 Å². The molecule has 0 bridgehead atoms. The third-order valence-corrected chi connectivity index (χ3v) is 2.84. The lowest BCUT2D eigenvalue weighted by atomic mass is 9.94. The molecule has 1 aliphatic heterocycles. The van der Waals surface area contributed by atoms with E-state index in [0.29, 0.717) is 13.0 Å². The van der Waals surface area contributed by atoms with Crippen molar-refractivity contribution in [2.45, 2.75) is 45.8 Å². The van der Waals surface area contributed by atoms with Gasteiger partial charge in [-0.2, -0.15) is 0 Å². The standard InChI is InChI=1S/C11H20N2O4/c1-8-5-6-12(7-9(8)13(15)16)10(14)17-11(2,3)4/h8-9H,5-7H2,1-4H3/t8-,9+/m0/s1. The molecule has 0 radical (unpaired) electrons. The molecule has 98 valence electrons. The van der Waals surface area contributed by atoms with Crippen LogP contribution in [0.2, 0.25) is 0 Å². The van der Waals surface area contributed by atoms with Crippen LogP contribution in [0, 0.1) is 16.0 Å². The number of likely N-dealkylation sites (tertiary alicyclic amines) is 1. The number of piperidine rings is 1. The zero-order valence-electron chi connectivity index (χ0n) is 10.8. The van der Waals surface area contributed by atoms with Crippen molar-refractivity contribution < 1.29 is 14.5 Å². The molecule has 6 nitrogen and oxygen atoms in total. The second-order valence-corrected chi connectivity index (χ2v) is 5.55. The first-order chi connectivity index (χ1) is 7.70. The van der Waals surface area contributed by atoms with E-state index in [1.807, 2.05) is 6.92 Å². The molecule has 0 spiro atoms. The Morgan fingerprint density at radius 1 is 1.47 bits per heavy atom. The number of nitro groups is 1. The van der Waals surface area contributed by atoms with Crippen molar-refractivity contribution in [1.82, 2.24) is 4.90 Å². The highest BCUT2D eigenvalue weighted by atomic mass is 16.6. The molecule has 6 heteroatoms. The molecule has 2 atom stereocenters. The minimum Gasteiger partial charge on any atom is -0.444 e. The number of rotatable bonds is 1. The largest absolute Gasteiger partial charge is 0.444 e. The zero-order valence-corrected chi connectivity index (χ0v) is 10.8. The Morgan fingerprint density at radius 3 is 2.53 bits per heavy atom. The van der Waals surface area contributed by atoms with Crippen molar-refractivity contribution in [3.05, 3.63) is 10.1 Å². The second kappa shape index (κ2) is 4.89. The quantitative estimate of drug-likeness (QED) is 0.521. The predicted molar refractivity (Wildman–Crippen MR) is 62.4 cm³/mol. The summed E-state index contributed by atoms with van der Waals surface area (Å²) in [7, 11) is 0. The number of hydrogen-bond donors (Lipinski definition) is 0. The van der Waals surface area contributed by atoms with Gasteiger partial charge in [-0.1, -0.05) is 6.92 Å². The molecule has 0 aromatic carbocycles. The van der Waals surface area contributed by atoms with Gasteiger partial charge < -0.3 is 9.64 Å². The van der Waals surface area contributed by atoms with Crippen molar-refractivity contribution in [2.24, 2.45) is 5.92 Å². The van der Waals surface area contributed by atoms with Crippen LogP contribution in [-0.2, 0) is 4.74 Å². The molecule has 1 rings (SSSR count). The highest BCUT2D eigenvalue weighted by molar-refractivity contribution is 5.68. The number of carbonyl (C=O) groups is 1. The average molecular weight is 244 g/mol. The van der Waals surface area contributed by atoms with E-state index in [1.165, 1.54) is 4.90 Å². The maximum Gasteiger partial charge on any atom is 0.410 e. The van der Waals surface area contributed by atoms with Crippen molar-refractivity contribution in [1.29, 1.82) is 0 Å². The van der Waals surface area contributed by atoms with Gasteiger partial charge in [-0.15, -0.1) is 0 Å². The summed E-state index contributed by atoms with van der Waals surface area (Å²) in [6.45, 7) is 7.86. The van der Waals surface area contributed by atoms with Crippen LogP contribution in [0.5, 0.6) is 0 Å². The Kier molecular flexibility index (Phi) is 3.95. The summed E-state index contributed by atoms with van der Waals surface area (Å²) in [6, 6.07) is -0.684. The maximum atomic E-state index is 11.8. The van der Waals surface area contributed by atoms with E-state index < -0.39 is 17.7 Å². The molecule has 0 N–H and O–H groups in total. The highest BCUT2D eigenvalue weighted by Crippen LogP contribution is 2.21. The first-order valence-electron chi connectivity index (χ1n) is 5.82. The summed E-state index contributed by atoms with van der Waals surface area (Å²) >= 11 is 0. The van der Waals surface area contributed by atoms with E-state index in [0.717, 1.165) is 0 Å². The first kappa shape index (κ1) is 13.7. The SMILES string of the molecule is C[C@H]1CCN(C(=O)OC(C)(C)C)C[C@H]1[N+](=O)[O-]. The summed E-state index contributed by atoms with van der Waals surface area (Å²) in [4.78, 5) is 23.7. The van der Waals surface area contributed by atoms with E-state index in [-0.39, 0.29) is 17.4 Å². The van der Waals surface area contributed by atoms with Crippen LogP contribution in [0.4, 0.5) is 4.79 Å². The van der Waals surface area contributed by atoms with Crippen LogP contribution in [-0.4, -0.2) is 40.6 Å². The fourth-order valence-corrected chi connectivity index (χ4v) is 1.82. The minimum atomic E-state index is -0.684. The Bertz CT molecular complexity index is 311. The Morgan fingerprint density at radius 2 is 2.06 bits per heavy atom. The van der Waals surface area contributed by atoms with E-state index in [1.54, 1.807) is 20.8 Å². The normalized spacial score (nSPS) is 25.5. The van der Waals surface area contributed by atoms with Gasteiger partial charge in [0.1, 0.15) is 5.60 Å². The monoisotopic (exact) mass is 244 g/mol. The molecule has 0 aliphatic carbocycles. The van der Waals surface area contributed by atoms with Gasteiger partial charge in [0, 0.05) is 17.4 Å². The van der Waals surface area contributed by atoms with E-state index in [4.69, 9.17) is 4.74 Å². The Balaban J connectivity index is 2.62. The molecule has 1 amide bonds. The van der Waals surface area contributed by atoms with Gasteiger partial charge in [0.2, 0.25) is 6.04 Å². The first-order valence-corrected chi connectivity index (χ1v) is 5.82. The van der Waals surface area contributed by atoms with Gasteiger partial charge in [-0.05, 0) is 27.2 Å². The summed E-state index contributed by atoms with van der Waals surface area (Å²) in [6.07, 6.45) is 0.182. The zero-order chi connectivity index (χ0) is 13.2. The smallest absolute Gasteiger partial charge is 0.410 e. The van der Waals surface area contributed by atoms with Crippen molar-refractivity contribution in [3.8, 4) is 0 Å². The number of nitrogens with zero attached hydrogens (tertiary/aromatic N) is 2. The molecule has 0 aromatic heterocycles. The highest BCUT2D eigenvalue weighted by Gasteiger charge is 2.37. The van der Waals surface area contributed by atoms with Crippen LogP contribution in [0.25, 0.3) is 0 Å². The molecule has 1 aliphatic rings. The molecule has 1 saturated heterocycles. The molecular weight excluding hydrogens is 224 g/mol. The second-order valence-electron chi connectivity index (χ2n) is 5.55. The minimum absolute atomic E-state index is 0.00341. The molecule has 0 unspecified atom stereocenters. The van der Waals surface area contributed by atoms with Crippen molar-refractivity contribution in [3.63, 3.8) is 0 Å². The summed E-state index contributed by atoms with van der Waals surface area (Å²) in [5.41, 5.74) is -0.565. The number of ether oxygens (including phenoxy) is 1.